The van der Waals surface area contributed by atoms with Gasteiger partial charge in [0, 0.05) is 53.6 Å². The number of thiophene rings is 1. The summed E-state index contributed by atoms with van der Waals surface area (Å²) >= 11 is 1.85. The number of anilines is 3. The van der Waals surface area contributed by atoms with Crippen LogP contribution in [0.2, 0.25) is 0 Å². The number of hydrogen-bond donors (Lipinski definition) is 0. The first-order chi connectivity index (χ1) is 26.3. The second kappa shape index (κ2) is 11.9. The Morgan fingerprint density at radius 3 is 1.77 bits per heavy atom. The molecule has 0 aliphatic heterocycles. The standard InChI is InChI=1S/C50H31NOS/c1-2-13-32(14-3-1)33-25-27-34(28-26-33)48-40-18-6-4-15-36(40)37-16-5-7-19-41(37)50(48)51(35-29-30-39-38-17-8-10-22-44(38)52-45(39)31-35)43-21-12-24-47-49(43)42-20-9-11-23-46(42)53-47/h1-31H. The van der Waals surface area contributed by atoms with Crippen LogP contribution in [0.1, 0.15) is 0 Å². The summed E-state index contributed by atoms with van der Waals surface area (Å²) in [6.45, 7) is 0. The van der Waals surface area contributed by atoms with Crippen molar-refractivity contribution in [2.75, 3.05) is 4.90 Å². The minimum Gasteiger partial charge on any atom is -0.456 e. The van der Waals surface area contributed by atoms with Gasteiger partial charge in [0.05, 0.1) is 11.4 Å². The van der Waals surface area contributed by atoms with Gasteiger partial charge in [0.15, 0.2) is 0 Å². The molecule has 0 saturated heterocycles. The highest BCUT2D eigenvalue weighted by Gasteiger charge is 2.26. The van der Waals surface area contributed by atoms with Gasteiger partial charge in [-0.05, 0) is 69.2 Å². The fourth-order valence-electron chi connectivity index (χ4n) is 8.29. The highest BCUT2D eigenvalue weighted by molar-refractivity contribution is 7.26. The van der Waals surface area contributed by atoms with Crippen LogP contribution in [-0.4, -0.2) is 0 Å². The number of nitrogens with zero attached hydrogens (tertiary/aromatic N) is 1. The van der Waals surface area contributed by atoms with Gasteiger partial charge in [-0.25, -0.2) is 0 Å². The average molecular weight is 694 g/mol. The predicted octanol–water partition coefficient (Wildman–Crippen LogP) is 15.1. The third-order valence-electron chi connectivity index (χ3n) is 10.7. The van der Waals surface area contributed by atoms with Gasteiger partial charge in [0.25, 0.3) is 0 Å². The van der Waals surface area contributed by atoms with Crippen molar-refractivity contribution in [3.8, 4) is 22.3 Å². The monoisotopic (exact) mass is 693 g/mol. The van der Waals surface area contributed by atoms with E-state index >= 15 is 0 Å². The molecule has 248 valence electrons. The molecule has 11 rings (SSSR count). The summed E-state index contributed by atoms with van der Waals surface area (Å²) in [6.07, 6.45) is 0. The molecule has 3 heteroatoms. The van der Waals surface area contributed by atoms with E-state index in [2.05, 4.69) is 187 Å². The van der Waals surface area contributed by atoms with E-state index < -0.39 is 0 Å². The fraction of sp³-hybridized carbons (Fsp3) is 0. The zero-order chi connectivity index (χ0) is 34.9. The minimum atomic E-state index is 0.870. The molecule has 0 atom stereocenters. The Balaban J connectivity index is 1.28. The molecular weight excluding hydrogens is 663 g/mol. The van der Waals surface area contributed by atoms with Gasteiger partial charge < -0.3 is 9.32 Å². The lowest BCUT2D eigenvalue weighted by Crippen LogP contribution is -2.12. The third kappa shape index (κ3) is 4.71. The van der Waals surface area contributed by atoms with Crippen molar-refractivity contribution in [3.05, 3.63) is 188 Å². The molecule has 0 fully saturated rings. The molecule has 0 bridgehead atoms. The fourth-order valence-corrected chi connectivity index (χ4v) is 9.42. The summed E-state index contributed by atoms with van der Waals surface area (Å²) in [6, 6.07) is 68.1. The van der Waals surface area contributed by atoms with E-state index in [9.17, 15) is 0 Å². The third-order valence-corrected chi connectivity index (χ3v) is 11.8. The molecule has 0 radical (unpaired) electrons. The smallest absolute Gasteiger partial charge is 0.137 e. The van der Waals surface area contributed by atoms with Gasteiger partial charge in [-0.2, -0.15) is 0 Å². The second-order valence-electron chi connectivity index (χ2n) is 13.6. The van der Waals surface area contributed by atoms with E-state index in [0.29, 0.717) is 0 Å². The maximum Gasteiger partial charge on any atom is 0.137 e. The molecule has 2 nitrogen and oxygen atoms in total. The van der Waals surface area contributed by atoms with E-state index in [1.54, 1.807) is 0 Å². The lowest BCUT2D eigenvalue weighted by Gasteiger charge is -2.31. The first-order valence-corrected chi connectivity index (χ1v) is 18.8. The molecule has 2 heterocycles. The number of furan rings is 1. The maximum atomic E-state index is 6.56. The summed E-state index contributed by atoms with van der Waals surface area (Å²) in [5, 5.41) is 9.61. The van der Waals surface area contributed by atoms with Gasteiger partial charge in [0.2, 0.25) is 0 Å². The average Bonchev–Trinajstić information content (AvgIpc) is 3.80. The SMILES string of the molecule is c1ccc(-c2ccc(-c3c(N(c4ccc5c(c4)oc4ccccc45)c4cccc5sc6ccccc6c45)c4ccccc4c4ccccc34)cc2)cc1. The Hall–Kier alpha value is -6.68. The molecule has 0 N–H and O–H groups in total. The molecular formula is C50H31NOS. The van der Waals surface area contributed by atoms with Crippen LogP contribution < -0.4 is 4.90 Å². The van der Waals surface area contributed by atoms with Crippen LogP contribution in [0.15, 0.2) is 192 Å². The quantitative estimate of drug-likeness (QED) is 0.167. The van der Waals surface area contributed by atoms with E-state index in [4.69, 9.17) is 4.42 Å². The molecule has 0 unspecified atom stereocenters. The molecule has 11 aromatic rings. The van der Waals surface area contributed by atoms with Gasteiger partial charge in [-0.15, -0.1) is 11.3 Å². The molecule has 0 aliphatic carbocycles. The summed E-state index contributed by atoms with van der Waals surface area (Å²) in [5.74, 6) is 0. The Kier molecular flexibility index (Phi) is 6.76. The first kappa shape index (κ1) is 30.0. The number of fused-ring (bicyclic) bond motifs is 9. The maximum absolute atomic E-state index is 6.56. The van der Waals surface area contributed by atoms with E-state index in [0.717, 1.165) is 39.0 Å². The highest BCUT2D eigenvalue weighted by atomic mass is 32.1. The highest BCUT2D eigenvalue weighted by Crippen LogP contribution is 2.52. The Morgan fingerprint density at radius 2 is 0.962 bits per heavy atom. The van der Waals surface area contributed by atoms with Gasteiger partial charge in [0.1, 0.15) is 11.2 Å². The molecule has 9 aromatic carbocycles. The summed E-state index contributed by atoms with van der Waals surface area (Å²) < 4.78 is 9.10. The number of benzene rings is 9. The Labute approximate surface area is 310 Å². The molecule has 0 spiro atoms. The van der Waals surface area contributed by atoms with Gasteiger partial charge in [-0.3, -0.25) is 0 Å². The van der Waals surface area contributed by atoms with Crippen LogP contribution in [0.4, 0.5) is 17.1 Å². The van der Waals surface area contributed by atoms with Crippen molar-refractivity contribution in [1.29, 1.82) is 0 Å². The van der Waals surface area contributed by atoms with Crippen molar-refractivity contribution in [3.63, 3.8) is 0 Å². The molecule has 2 aromatic heterocycles. The molecule has 53 heavy (non-hydrogen) atoms. The van der Waals surface area contributed by atoms with Crippen LogP contribution in [0.5, 0.6) is 0 Å². The molecule has 0 aliphatic rings. The number of hydrogen-bond acceptors (Lipinski definition) is 3. The first-order valence-electron chi connectivity index (χ1n) is 18.0. The lowest BCUT2D eigenvalue weighted by molar-refractivity contribution is 0.669. The molecule has 0 amide bonds. The Bertz CT molecular complexity index is 3170. The van der Waals surface area contributed by atoms with Crippen molar-refractivity contribution >= 4 is 92.1 Å². The van der Waals surface area contributed by atoms with Crippen molar-refractivity contribution in [1.82, 2.24) is 0 Å². The van der Waals surface area contributed by atoms with Crippen LogP contribution >= 0.6 is 11.3 Å². The summed E-state index contributed by atoms with van der Waals surface area (Å²) in [4.78, 5) is 2.50. The largest absolute Gasteiger partial charge is 0.456 e. The van der Waals surface area contributed by atoms with E-state index in [1.807, 2.05) is 17.4 Å². The topological polar surface area (TPSA) is 16.4 Å². The number of para-hydroxylation sites is 1. The predicted molar refractivity (Wildman–Crippen MR) is 227 cm³/mol. The van der Waals surface area contributed by atoms with Crippen LogP contribution in [0.25, 0.3) is 85.9 Å². The van der Waals surface area contributed by atoms with E-state index in [-0.39, 0.29) is 0 Å². The zero-order valence-corrected chi connectivity index (χ0v) is 29.5. The van der Waals surface area contributed by atoms with E-state index in [1.165, 1.54) is 64.0 Å². The van der Waals surface area contributed by atoms with Crippen LogP contribution in [0.3, 0.4) is 0 Å². The molecule has 0 saturated carbocycles. The van der Waals surface area contributed by atoms with Crippen molar-refractivity contribution in [2.24, 2.45) is 0 Å². The van der Waals surface area contributed by atoms with Crippen LogP contribution in [-0.2, 0) is 0 Å². The number of rotatable bonds is 5. The summed E-state index contributed by atoms with van der Waals surface area (Å²) in [5.41, 5.74) is 9.85. The Morgan fingerprint density at radius 1 is 0.377 bits per heavy atom. The zero-order valence-electron chi connectivity index (χ0n) is 28.7. The van der Waals surface area contributed by atoms with Gasteiger partial charge >= 0.3 is 0 Å². The van der Waals surface area contributed by atoms with Gasteiger partial charge in [-0.1, -0.05) is 146 Å². The lowest BCUT2D eigenvalue weighted by atomic mass is 9.89. The van der Waals surface area contributed by atoms with Crippen LogP contribution in [0, 0.1) is 0 Å². The second-order valence-corrected chi connectivity index (χ2v) is 14.7. The van der Waals surface area contributed by atoms with Crippen molar-refractivity contribution in [2.45, 2.75) is 0 Å². The normalized spacial score (nSPS) is 11.8. The summed E-state index contributed by atoms with van der Waals surface area (Å²) in [7, 11) is 0. The minimum absolute atomic E-state index is 0.870. The van der Waals surface area contributed by atoms with Crippen molar-refractivity contribution < 1.29 is 4.42 Å².